The van der Waals surface area contributed by atoms with Gasteiger partial charge in [0.25, 0.3) is 0 Å². The highest BCUT2D eigenvalue weighted by molar-refractivity contribution is 5.98. The highest BCUT2D eigenvalue weighted by Crippen LogP contribution is 2.45. The van der Waals surface area contributed by atoms with Crippen molar-refractivity contribution >= 4 is 11.6 Å². The van der Waals surface area contributed by atoms with Crippen LogP contribution in [-0.2, 0) is 16.0 Å². The largest absolute Gasteiger partial charge is 0.384 e. The molecule has 0 saturated heterocycles. The van der Waals surface area contributed by atoms with Gasteiger partial charge >= 0.3 is 0 Å². The first-order valence-corrected chi connectivity index (χ1v) is 6.91. The van der Waals surface area contributed by atoms with Crippen molar-refractivity contribution in [3.8, 4) is 6.07 Å². The van der Waals surface area contributed by atoms with Gasteiger partial charge in [0.1, 0.15) is 5.41 Å². The Balaban J connectivity index is 2.10. The van der Waals surface area contributed by atoms with Crippen LogP contribution in [0.25, 0.3) is 0 Å². The first kappa shape index (κ1) is 14.5. The zero-order chi connectivity index (χ0) is 14.6. The Kier molecular flexibility index (Phi) is 4.41. The van der Waals surface area contributed by atoms with Gasteiger partial charge in [-0.25, -0.2) is 0 Å². The molecule has 1 N–H and O–H groups in total. The summed E-state index contributed by atoms with van der Waals surface area (Å²) in [5.41, 5.74) is 0.972. The molecule has 1 aliphatic rings. The minimum atomic E-state index is -0.839. The zero-order valence-corrected chi connectivity index (χ0v) is 12.0. The van der Waals surface area contributed by atoms with Crippen molar-refractivity contribution in [2.45, 2.75) is 26.2 Å². The molecular weight excluding hydrogens is 252 g/mol. The summed E-state index contributed by atoms with van der Waals surface area (Å²) >= 11 is 0. The number of anilines is 1. The average molecular weight is 272 g/mol. The van der Waals surface area contributed by atoms with Gasteiger partial charge in [-0.3, -0.25) is 4.79 Å². The molecule has 4 nitrogen and oxygen atoms in total. The van der Waals surface area contributed by atoms with Gasteiger partial charge in [-0.15, -0.1) is 0 Å². The SMILES string of the molecule is COCCc1ccccc1NC(=O)C1(C#N)CC(C)C1. The fraction of sp³-hybridized carbons (Fsp3) is 0.500. The first-order chi connectivity index (χ1) is 9.61. The van der Waals surface area contributed by atoms with Gasteiger partial charge in [-0.05, 0) is 36.8 Å². The highest BCUT2D eigenvalue weighted by Gasteiger charge is 2.49. The Labute approximate surface area is 119 Å². The van der Waals surface area contributed by atoms with Crippen LogP contribution in [0.15, 0.2) is 24.3 Å². The minimum absolute atomic E-state index is 0.178. The van der Waals surface area contributed by atoms with Crippen molar-refractivity contribution in [3.05, 3.63) is 29.8 Å². The summed E-state index contributed by atoms with van der Waals surface area (Å²) in [6.45, 7) is 2.67. The lowest BCUT2D eigenvalue weighted by atomic mass is 9.63. The van der Waals surface area contributed by atoms with E-state index in [1.807, 2.05) is 24.3 Å². The molecule has 4 heteroatoms. The summed E-state index contributed by atoms with van der Waals surface area (Å²) in [5.74, 6) is 0.270. The Morgan fingerprint density at radius 2 is 2.20 bits per heavy atom. The van der Waals surface area contributed by atoms with Crippen LogP contribution < -0.4 is 5.32 Å². The summed E-state index contributed by atoms with van der Waals surface area (Å²) < 4.78 is 5.08. The van der Waals surface area contributed by atoms with Crippen LogP contribution in [0.4, 0.5) is 5.69 Å². The second-order valence-corrected chi connectivity index (χ2v) is 5.56. The van der Waals surface area contributed by atoms with Crippen molar-refractivity contribution in [1.29, 1.82) is 5.26 Å². The number of nitriles is 1. The third-order valence-corrected chi connectivity index (χ3v) is 3.88. The molecule has 0 aromatic heterocycles. The molecule has 0 spiro atoms. The Morgan fingerprint density at radius 3 is 2.80 bits per heavy atom. The van der Waals surface area contributed by atoms with E-state index in [4.69, 9.17) is 4.74 Å². The molecule has 1 aromatic rings. The molecule has 1 saturated carbocycles. The highest BCUT2D eigenvalue weighted by atomic mass is 16.5. The molecule has 1 aromatic carbocycles. The smallest absolute Gasteiger partial charge is 0.244 e. The Morgan fingerprint density at radius 1 is 1.50 bits per heavy atom. The van der Waals surface area contributed by atoms with E-state index in [-0.39, 0.29) is 5.91 Å². The van der Waals surface area contributed by atoms with E-state index in [2.05, 4.69) is 18.3 Å². The standard InChI is InChI=1S/C16H20N2O2/c1-12-9-16(10-12,11-17)15(19)18-14-6-4-3-5-13(14)7-8-20-2/h3-6,12H,7-10H2,1-2H3,(H,18,19). The number of carbonyl (C=O) groups excluding carboxylic acids is 1. The number of para-hydroxylation sites is 1. The second-order valence-electron chi connectivity index (χ2n) is 5.56. The van der Waals surface area contributed by atoms with Gasteiger partial charge in [-0.1, -0.05) is 25.1 Å². The van der Waals surface area contributed by atoms with Crippen LogP contribution in [0.2, 0.25) is 0 Å². The lowest BCUT2D eigenvalue weighted by molar-refractivity contribution is -0.128. The zero-order valence-electron chi connectivity index (χ0n) is 12.0. The summed E-state index contributed by atoms with van der Waals surface area (Å²) in [4.78, 5) is 12.4. The van der Waals surface area contributed by atoms with Gasteiger partial charge in [0, 0.05) is 12.8 Å². The third kappa shape index (κ3) is 2.83. The number of methoxy groups -OCH3 is 1. The molecule has 0 heterocycles. The van der Waals surface area contributed by atoms with Crippen molar-refractivity contribution in [2.24, 2.45) is 11.3 Å². The van der Waals surface area contributed by atoms with E-state index < -0.39 is 5.41 Å². The van der Waals surface area contributed by atoms with Crippen molar-refractivity contribution in [3.63, 3.8) is 0 Å². The third-order valence-electron chi connectivity index (χ3n) is 3.88. The van der Waals surface area contributed by atoms with Gasteiger partial charge in [0.2, 0.25) is 5.91 Å². The van der Waals surface area contributed by atoms with E-state index >= 15 is 0 Å². The molecule has 0 unspecified atom stereocenters. The fourth-order valence-electron chi connectivity index (χ4n) is 2.77. The quantitative estimate of drug-likeness (QED) is 0.896. The summed E-state index contributed by atoms with van der Waals surface area (Å²) in [5, 5.41) is 12.2. The number of carbonyl (C=O) groups is 1. The van der Waals surface area contributed by atoms with Crippen LogP contribution in [0.3, 0.4) is 0 Å². The lowest BCUT2D eigenvalue weighted by Gasteiger charge is -2.39. The average Bonchev–Trinajstić information content (AvgIpc) is 2.42. The number of hydrogen-bond donors (Lipinski definition) is 1. The van der Waals surface area contributed by atoms with Crippen LogP contribution in [0.5, 0.6) is 0 Å². The summed E-state index contributed by atoms with van der Waals surface area (Å²) in [7, 11) is 1.65. The maximum atomic E-state index is 12.4. The molecule has 106 valence electrons. The number of amides is 1. The normalized spacial score (nSPS) is 24.6. The van der Waals surface area contributed by atoms with E-state index in [0.717, 1.165) is 17.7 Å². The van der Waals surface area contributed by atoms with E-state index in [0.29, 0.717) is 25.4 Å². The number of benzene rings is 1. The monoisotopic (exact) mass is 272 g/mol. The summed E-state index contributed by atoms with van der Waals surface area (Å²) in [6, 6.07) is 9.85. The van der Waals surface area contributed by atoms with Crippen LogP contribution in [0, 0.1) is 22.7 Å². The Bertz CT molecular complexity index is 528. The fourth-order valence-corrected chi connectivity index (χ4v) is 2.77. The predicted octanol–water partition coefficient (Wildman–Crippen LogP) is 2.75. The van der Waals surface area contributed by atoms with Gasteiger partial charge in [0.05, 0.1) is 12.7 Å². The molecule has 0 atom stereocenters. The van der Waals surface area contributed by atoms with Gasteiger partial charge < -0.3 is 10.1 Å². The predicted molar refractivity (Wildman–Crippen MR) is 77.1 cm³/mol. The first-order valence-electron chi connectivity index (χ1n) is 6.91. The number of nitrogens with zero attached hydrogens (tertiary/aromatic N) is 1. The van der Waals surface area contributed by atoms with Gasteiger partial charge in [-0.2, -0.15) is 5.26 Å². The van der Waals surface area contributed by atoms with Gasteiger partial charge in [0.15, 0.2) is 0 Å². The van der Waals surface area contributed by atoms with Crippen molar-refractivity contribution < 1.29 is 9.53 Å². The number of nitrogens with one attached hydrogen (secondary N) is 1. The van der Waals surface area contributed by atoms with Crippen molar-refractivity contribution in [2.75, 3.05) is 19.0 Å². The molecule has 0 aliphatic heterocycles. The second kappa shape index (κ2) is 6.06. The van der Waals surface area contributed by atoms with Crippen LogP contribution >= 0.6 is 0 Å². The molecule has 0 radical (unpaired) electrons. The summed E-state index contributed by atoms with van der Waals surface area (Å²) in [6.07, 6.45) is 2.04. The van der Waals surface area contributed by atoms with Crippen LogP contribution in [-0.4, -0.2) is 19.6 Å². The topological polar surface area (TPSA) is 62.1 Å². The Hall–Kier alpha value is -1.86. The minimum Gasteiger partial charge on any atom is -0.384 e. The number of rotatable bonds is 5. The number of hydrogen-bond acceptors (Lipinski definition) is 3. The molecular formula is C16H20N2O2. The molecule has 1 fully saturated rings. The van der Waals surface area contributed by atoms with E-state index in [1.54, 1.807) is 7.11 Å². The number of ether oxygens (including phenoxy) is 1. The molecule has 0 bridgehead atoms. The van der Waals surface area contributed by atoms with Crippen molar-refractivity contribution in [1.82, 2.24) is 0 Å². The molecule has 20 heavy (non-hydrogen) atoms. The maximum absolute atomic E-state index is 12.4. The molecule has 1 amide bonds. The van der Waals surface area contributed by atoms with E-state index in [9.17, 15) is 10.1 Å². The van der Waals surface area contributed by atoms with E-state index in [1.165, 1.54) is 0 Å². The molecule has 2 rings (SSSR count). The van der Waals surface area contributed by atoms with Crippen LogP contribution in [0.1, 0.15) is 25.3 Å². The molecule has 1 aliphatic carbocycles. The lowest BCUT2D eigenvalue weighted by Crippen LogP contribution is -2.45. The maximum Gasteiger partial charge on any atom is 0.244 e.